The number of nitrogens with two attached hydrogens (primary N) is 1. The lowest BCUT2D eigenvalue weighted by Gasteiger charge is -2.12. The molecule has 2 aromatic carbocycles. The van der Waals surface area contributed by atoms with Crippen LogP contribution < -0.4 is 14.6 Å². The third-order valence-corrected chi connectivity index (χ3v) is 4.12. The summed E-state index contributed by atoms with van der Waals surface area (Å²) < 4.78 is 29.4. The molecule has 3 N–H and O–H groups in total. The van der Waals surface area contributed by atoms with E-state index in [-0.39, 0.29) is 5.56 Å². The molecule has 0 aliphatic heterocycles. The molecular formula is C17H13ClN4O4S. The van der Waals surface area contributed by atoms with Gasteiger partial charge in [-0.05, 0) is 48.5 Å². The predicted octanol–water partition coefficient (Wildman–Crippen LogP) is 2.52. The third-order valence-electron chi connectivity index (χ3n) is 3.42. The molecular weight excluding hydrogens is 392 g/mol. The Morgan fingerprint density at radius 3 is 2.44 bits per heavy atom. The van der Waals surface area contributed by atoms with Gasteiger partial charge < -0.3 is 4.74 Å². The Kier molecular flexibility index (Phi) is 5.36. The Balaban J connectivity index is 1.85. The van der Waals surface area contributed by atoms with Crippen molar-refractivity contribution in [3.63, 3.8) is 0 Å². The minimum absolute atomic E-state index is 0.117. The second-order valence-electron chi connectivity index (χ2n) is 5.37. The van der Waals surface area contributed by atoms with Crippen molar-refractivity contribution < 1.29 is 17.9 Å². The van der Waals surface area contributed by atoms with Gasteiger partial charge in [0.2, 0.25) is 0 Å². The van der Waals surface area contributed by atoms with E-state index in [2.05, 4.69) is 10.2 Å². The molecule has 3 aromatic rings. The molecule has 0 unspecified atom stereocenters. The number of aromatic nitrogens is 2. The monoisotopic (exact) mass is 404 g/mol. The number of carbonyl (C=O) groups excluding carboxylic acids is 1. The van der Waals surface area contributed by atoms with Crippen LogP contribution in [0.4, 0.5) is 0 Å². The van der Waals surface area contributed by atoms with Crippen LogP contribution in [0, 0.1) is 0 Å². The second kappa shape index (κ2) is 7.70. The average molecular weight is 405 g/mol. The molecule has 27 heavy (non-hydrogen) atoms. The normalized spacial score (nSPS) is 11.0. The van der Waals surface area contributed by atoms with Crippen molar-refractivity contribution >= 4 is 27.7 Å². The summed E-state index contributed by atoms with van der Waals surface area (Å²) in [6, 6.07) is 12.8. The van der Waals surface area contributed by atoms with E-state index in [1.54, 1.807) is 41.4 Å². The molecule has 3 rings (SSSR count). The fraction of sp³-hybridized carbons (Fsp3) is 0. The van der Waals surface area contributed by atoms with Gasteiger partial charge in [-0.25, -0.2) is 9.86 Å². The molecule has 0 saturated heterocycles. The molecule has 0 aliphatic carbocycles. The van der Waals surface area contributed by atoms with Crippen molar-refractivity contribution in [3.8, 4) is 22.6 Å². The van der Waals surface area contributed by atoms with Crippen LogP contribution in [0.2, 0.25) is 5.02 Å². The summed E-state index contributed by atoms with van der Waals surface area (Å²) in [5.74, 6) is 0.126. The molecule has 0 saturated carbocycles. The number of halogens is 1. The van der Waals surface area contributed by atoms with Gasteiger partial charge in [0.05, 0.1) is 12.4 Å². The van der Waals surface area contributed by atoms with E-state index in [1.165, 1.54) is 24.3 Å². The van der Waals surface area contributed by atoms with Crippen molar-refractivity contribution in [1.29, 1.82) is 0 Å². The van der Waals surface area contributed by atoms with Crippen LogP contribution in [0.3, 0.4) is 0 Å². The van der Waals surface area contributed by atoms with E-state index in [1.807, 2.05) is 0 Å². The lowest BCUT2D eigenvalue weighted by atomic mass is 10.1. The Morgan fingerprint density at radius 1 is 1.07 bits per heavy atom. The average Bonchev–Trinajstić information content (AvgIpc) is 2.63. The molecule has 138 valence electrons. The number of nitrogens with one attached hydrogen (secondary N) is 1. The minimum Gasteiger partial charge on any atom is -0.457 e. The lowest BCUT2D eigenvalue weighted by molar-refractivity contribution is 0.0981. The Hall–Kier alpha value is -3.01. The van der Waals surface area contributed by atoms with Gasteiger partial charge in [-0.15, -0.1) is 0 Å². The zero-order chi connectivity index (χ0) is 19.4. The van der Waals surface area contributed by atoms with Gasteiger partial charge in [-0.1, -0.05) is 11.6 Å². The first kappa shape index (κ1) is 18.8. The smallest absolute Gasteiger partial charge is 0.298 e. The summed E-state index contributed by atoms with van der Waals surface area (Å²) in [7, 11) is -4.12. The van der Waals surface area contributed by atoms with E-state index < -0.39 is 16.1 Å². The largest absolute Gasteiger partial charge is 0.457 e. The van der Waals surface area contributed by atoms with Crippen molar-refractivity contribution in [2.75, 3.05) is 0 Å². The zero-order valence-electron chi connectivity index (χ0n) is 13.7. The molecule has 10 heteroatoms. The molecule has 1 aromatic heterocycles. The van der Waals surface area contributed by atoms with Gasteiger partial charge in [0.25, 0.3) is 16.1 Å². The molecule has 1 amide bonds. The maximum absolute atomic E-state index is 11.8. The molecule has 8 nitrogen and oxygen atoms in total. The van der Waals surface area contributed by atoms with Gasteiger partial charge in [-0.3, -0.25) is 4.79 Å². The maximum atomic E-state index is 11.8. The van der Waals surface area contributed by atoms with Crippen molar-refractivity contribution in [2.45, 2.75) is 0 Å². The molecule has 0 atom stereocenters. The topological polar surface area (TPSA) is 124 Å². The minimum atomic E-state index is -4.12. The number of carbonyl (C=O) groups is 1. The Morgan fingerprint density at radius 2 is 1.81 bits per heavy atom. The third kappa shape index (κ3) is 5.00. The number of amides is 1. The van der Waals surface area contributed by atoms with Gasteiger partial charge >= 0.3 is 0 Å². The summed E-state index contributed by atoms with van der Waals surface area (Å²) in [4.78, 5) is 11.8. The first-order chi connectivity index (χ1) is 12.8. The first-order valence-corrected chi connectivity index (χ1v) is 9.44. The summed E-state index contributed by atoms with van der Waals surface area (Å²) in [5.41, 5.74) is 1.60. The van der Waals surface area contributed by atoms with Crippen LogP contribution in [0.1, 0.15) is 10.4 Å². The van der Waals surface area contributed by atoms with E-state index in [9.17, 15) is 13.2 Å². The predicted molar refractivity (Wildman–Crippen MR) is 99.6 cm³/mol. The summed E-state index contributed by atoms with van der Waals surface area (Å²) in [5, 5.41) is 12.9. The van der Waals surface area contributed by atoms with Crippen LogP contribution in [0.15, 0.2) is 60.9 Å². The van der Waals surface area contributed by atoms with Gasteiger partial charge in [0, 0.05) is 21.7 Å². The van der Waals surface area contributed by atoms with Crippen LogP contribution in [0.25, 0.3) is 11.1 Å². The standard InChI is InChI=1S/C17H13ClN4O4S/c18-13-3-6-16(15(9-13)12-7-8-20-21-10-12)26-14-4-1-11(2-5-14)17(23)22-27(19,24)25/h1-10H,(H,22,23)(H2,19,24,25). The summed E-state index contributed by atoms with van der Waals surface area (Å²) in [6.07, 6.45) is 3.14. The SMILES string of the molecule is NS(=O)(=O)NC(=O)c1ccc(Oc2ccc(Cl)cc2-c2ccnnc2)cc1. The quantitative estimate of drug-likeness (QED) is 0.673. The number of rotatable bonds is 5. The zero-order valence-corrected chi connectivity index (χ0v) is 15.2. The number of hydrogen-bond acceptors (Lipinski definition) is 6. The molecule has 0 spiro atoms. The van der Waals surface area contributed by atoms with Gasteiger partial charge in [0.1, 0.15) is 11.5 Å². The highest BCUT2D eigenvalue weighted by molar-refractivity contribution is 7.87. The molecule has 0 bridgehead atoms. The molecule has 0 radical (unpaired) electrons. The summed E-state index contributed by atoms with van der Waals surface area (Å²) >= 11 is 6.08. The van der Waals surface area contributed by atoms with E-state index in [4.69, 9.17) is 21.5 Å². The fourth-order valence-corrected chi connectivity index (χ4v) is 2.80. The molecule has 1 heterocycles. The number of hydrogen-bond donors (Lipinski definition) is 2. The number of ether oxygens (including phenoxy) is 1. The van der Waals surface area contributed by atoms with Crippen LogP contribution in [-0.2, 0) is 10.2 Å². The Bertz CT molecular complexity index is 1070. The van der Waals surface area contributed by atoms with Crippen LogP contribution in [-0.4, -0.2) is 24.5 Å². The van der Waals surface area contributed by atoms with E-state index in [0.29, 0.717) is 22.1 Å². The highest BCUT2D eigenvalue weighted by Crippen LogP contribution is 2.35. The van der Waals surface area contributed by atoms with Crippen LogP contribution in [0.5, 0.6) is 11.5 Å². The number of nitrogens with zero attached hydrogens (tertiary/aromatic N) is 2. The highest BCUT2D eigenvalue weighted by atomic mass is 35.5. The van der Waals surface area contributed by atoms with E-state index in [0.717, 1.165) is 5.56 Å². The van der Waals surface area contributed by atoms with Crippen molar-refractivity contribution in [3.05, 3.63) is 71.5 Å². The maximum Gasteiger partial charge on any atom is 0.298 e. The lowest BCUT2D eigenvalue weighted by Crippen LogP contribution is -2.35. The second-order valence-corrected chi connectivity index (χ2v) is 7.10. The Labute approximate surface area is 160 Å². The van der Waals surface area contributed by atoms with Gasteiger partial charge in [-0.2, -0.15) is 18.6 Å². The summed E-state index contributed by atoms with van der Waals surface area (Å²) in [6.45, 7) is 0. The highest BCUT2D eigenvalue weighted by Gasteiger charge is 2.13. The van der Waals surface area contributed by atoms with Gasteiger partial charge in [0.15, 0.2) is 0 Å². The fourth-order valence-electron chi connectivity index (χ4n) is 2.26. The van der Waals surface area contributed by atoms with Crippen molar-refractivity contribution in [2.24, 2.45) is 5.14 Å². The van der Waals surface area contributed by atoms with Crippen molar-refractivity contribution in [1.82, 2.24) is 14.9 Å². The number of benzene rings is 2. The molecule has 0 aliphatic rings. The van der Waals surface area contributed by atoms with E-state index >= 15 is 0 Å². The molecule has 0 fully saturated rings. The van der Waals surface area contributed by atoms with Crippen LogP contribution >= 0.6 is 11.6 Å². The first-order valence-electron chi connectivity index (χ1n) is 7.51.